The van der Waals surface area contributed by atoms with E-state index in [4.69, 9.17) is 4.74 Å². The molecule has 6 heteroatoms. The number of hydrogen-bond acceptors (Lipinski definition) is 4. The molecule has 3 rings (SSSR count). The Morgan fingerprint density at radius 3 is 2.86 bits per heavy atom. The van der Waals surface area contributed by atoms with Gasteiger partial charge in [0.25, 0.3) is 0 Å². The highest BCUT2D eigenvalue weighted by Gasteiger charge is 2.07. The van der Waals surface area contributed by atoms with Crippen molar-refractivity contribution in [1.29, 1.82) is 0 Å². The monoisotopic (exact) mass is 426 g/mol. The number of fused-ring (bicyclic) bond motifs is 1. The lowest BCUT2D eigenvalue weighted by Gasteiger charge is -2.05. The van der Waals surface area contributed by atoms with Crippen molar-refractivity contribution in [1.82, 2.24) is 4.98 Å². The number of ether oxygens (including phenoxy) is 1. The van der Waals surface area contributed by atoms with Gasteiger partial charge in [0.15, 0.2) is 5.13 Å². The number of rotatable bonds is 4. The van der Waals surface area contributed by atoms with Gasteiger partial charge in [-0.15, -0.1) is 0 Å². The molecule has 0 aliphatic heterocycles. The lowest BCUT2D eigenvalue weighted by molar-refractivity contribution is 0.341. The summed E-state index contributed by atoms with van der Waals surface area (Å²) in [5, 5.41) is 4.20. The van der Waals surface area contributed by atoms with Crippen LogP contribution in [0.15, 0.2) is 45.3 Å². The van der Waals surface area contributed by atoms with Crippen LogP contribution in [0.1, 0.15) is 6.92 Å². The lowest BCUT2D eigenvalue weighted by Crippen LogP contribution is -1.90. The van der Waals surface area contributed by atoms with Crippen molar-refractivity contribution >= 4 is 64.2 Å². The minimum atomic E-state index is 0.667. The van der Waals surface area contributed by atoms with Gasteiger partial charge in [-0.2, -0.15) is 0 Å². The van der Waals surface area contributed by atoms with Crippen LogP contribution < -0.4 is 10.1 Å². The van der Waals surface area contributed by atoms with E-state index >= 15 is 0 Å². The molecule has 0 saturated heterocycles. The molecule has 3 nitrogen and oxygen atoms in total. The summed E-state index contributed by atoms with van der Waals surface area (Å²) >= 11 is 8.62. The molecule has 0 unspecified atom stereocenters. The predicted molar refractivity (Wildman–Crippen MR) is 95.9 cm³/mol. The lowest BCUT2D eigenvalue weighted by atomic mass is 10.3. The topological polar surface area (TPSA) is 34.1 Å². The summed E-state index contributed by atoms with van der Waals surface area (Å²) < 4.78 is 8.65. The molecule has 0 saturated carbocycles. The molecule has 0 aliphatic carbocycles. The number of halogens is 2. The van der Waals surface area contributed by atoms with E-state index in [1.807, 2.05) is 43.3 Å². The highest BCUT2D eigenvalue weighted by molar-refractivity contribution is 9.11. The summed E-state index contributed by atoms with van der Waals surface area (Å²) in [5.41, 5.74) is 1.95. The Morgan fingerprint density at radius 2 is 2.05 bits per heavy atom. The summed E-state index contributed by atoms with van der Waals surface area (Å²) in [6, 6.07) is 12.0. The fourth-order valence-electron chi connectivity index (χ4n) is 1.92. The zero-order chi connectivity index (χ0) is 14.8. The van der Waals surface area contributed by atoms with E-state index in [-0.39, 0.29) is 0 Å². The van der Waals surface area contributed by atoms with E-state index < -0.39 is 0 Å². The normalized spacial score (nSPS) is 10.8. The van der Waals surface area contributed by atoms with E-state index in [1.54, 1.807) is 11.3 Å². The fourth-order valence-corrected chi connectivity index (χ4v) is 3.54. The van der Waals surface area contributed by atoms with E-state index in [1.165, 1.54) is 0 Å². The van der Waals surface area contributed by atoms with Crippen molar-refractivity contribution in [3.63, 3.8) is 0 Å². The average molecular weight is 428 g/mol. The maximum absolute atomic E-state index is 5.52. The van der Waals surface area contributed by atoms with Gasteiger partial charge in [-0.3, -0.25) is 0 Å². The molecular formula is C15H12Br2N2OS. The molecule has 1 aromatic heterocycles. The molecule has 0 amide bonds. The SMILES string of the molecule is CCOc1ccc2nc(Nc3cc(Br)ccc3Br)sc2c1. The van der Waals surface area contributed by atoms with Crippen molar-refractivity contribution in [2.75, 3.05) is 11.9 Å². The first-order valence-electron chi connectivity index (χ1n) is 6.41. The van der Waals surface area contributed by atoms with Crippen molar-refractivity contribution in [2.24, 2.45) is 0 Å². The molecule has 1 heterocycles. The number of benzene rings is 2. The molecule has 0 spiro atoms. The molecular weight excluding hydrogens is 416 g/mol. The Balaban J connectivity index is 1.92. The van der Waals surface area contributed by atoms with Gasteiger partial charge in [0.05, 0.1) is 22.5 Å². The Labute approximate surface area is 143 Å². The van der Waals surface area contributed by atoms with E-state index in [0.29, 0.717) is 6.61 Å². The van der Waals surface area contributed by atoms with E-state index in [9.17, 15) is 0 Å². The van der Waals surface area contributed by atoms with Gasteiger partial charge in [-0.25, -0.2) is 4.98 Å². The average Bonchev–Trinajstić information content (AvgIpc) is 2.85. The number of thiazole rings is 1. The van der Waals surface area contributed by atoms with Crippen LogP contribution in [-0.2, 0) is 0 Å². The van der Waals surface area contributed by atoms with Crippen LogP contribution in [-0.4, -0.2) is 11.6 Å². The van der Waals surface area contributed by atoms with Gasteiger partial charge < -0.3 is 10.1 Å². The van der Waals surface area contributed by atoms with Gasteiger partial charge in [0, 0.05) is 8.95 Å². The smallest absolute Gasteiger partial charge is 0.188 e. The number of nitrogens with zero attached hydrogens (tertiary/aromatic N) is 1. The third-order valence-electron chi connectivity index (χ3n) is 2.84. The fraction of sp³-hybridized carbons (Fsp3) is 0.133. The second-order valence-corrected chi connectivity index (χ2v) is 7.13. The van der Waals surface area contributed by atoms with Gasteiger partial charge >= 0.3 is 0 Å². The van der Waals surface area contributed by atoms with Gasteiger partial charge in [0.1, 0.15) is 5.75 Å². The standard InChI is InChI=1S/C15H12Br2N2OS/c1-2-20-10-4-6-12-14(8-10)21-15(18-12)19-13-7-9(16)3-5-11(13)17/h3-8H,2H2,1H3,(H,18,19). The van der Waals surface area contributed by atoms with Crippen LogP contribution in [0.2, 0.25) is 0 Å². The quantitative estimate of drug-likeness (QED) is 0.557. The summed E-state index contributed by atoms with van der Waals surface area (Å²) in [6.45, 7) is 2.65. The number of aromatic nitrogens is 1. The second-order valence-electron chi connectivity index (χ2n) is 4.33. The highest BCUT2D eigenvalue weighted by Crippen LogP contribution is 2.34. The van der Waals surface area contributed by atoms with Crippen LogP contribution in [0.5, 0.6) is 5.75 Å². The first-order chi connectivity index (χ1) is 10.2. The molecule has 3 aromatic rings. The summed E-state index contributed by atoms with van der Waals surface area (Å²) in [5.74, 6) is 0.879. The van der Waals surface area contributed by atoms with Crippen molar-refractivity contribution in [3.05, 3.63) is 45.3 Å². The Morgan fingerprint density at radius 1 is 1.19 bits per heavy atom. The Bertz CT molecular complexity index is 788. The third-order valence-corrected chi connectivity index (χ3v) is 4.96. The summed E-state index contributed by atoms with van der Waals surface area (Å²) in [7, 11) is 0. The maximum Gasteiger partial charge on any atom is 0.188 e. The first-order valence-corrected chi connectivity index (χ1v) is 8.81. The number of hydrogen-bond donors (Lipinski definition) is 1. The highest BCUT2D eigenvalue weighted by atomic mass is 79.9. The largest absolute Gasteiger partial charge is 0.494 e. The zero-order valence-electron chi connectivity index (χ0n) is 11.2. The Kier molecular flexibility index (Phi) is 4.47. The van der Waals surface area contributed by atoms with E-state index in [0.717, 1.165) is 35.7 Å². The first kappa shape index (κ1) is 14.8. The zero-order valence-corrected chi connectivity index (χ0v) is 15.2. The molecule has 21 heavy (non-hydrogen) atoms. The predicted octanol–water partition coefficient (Wildman–Crippen LogP) is 5.96. The molecule has 0 aliphatic rings. The van der Waals surface area contributed by atoms with Crippen LogP contribution >= 0.6 is 43.2 Å². The van der Waals surface area contributed by atoms with Gasteiger partial charge in [-0.05, 0) is 59.3 Å². The number of nitrogens with one attached hydrogen (secondary N) is 1. The molecule has 0 atom stereocenters. The molecule has 0 bridgehead atoms. The second kappa shape index (κ2) is 6.34. The van der Waals surface area contributed by atoms with Crippen molar-refractivity contribution < 1.29 is 4.74 Å². The van der Waals surface area contributed by atoms with Crippen molar-refractivity contribution in [3.8, 4) is 5.75 Å². The summed E-state index contributed by atoms with van der Waals surface area (Å²) in [4.78, 5) is 4.60. The van der Waals surface area contributed by atoms with Crippen molar-refractivity contribution in [2.45, 2.75) is 6.92 Å². The number of anilines is 2. The summed E-state index contributed by atoms with van der Waals surface area (Å²) in [6.07, 6.45) is 0. The van der Waals surface area contributed by atoms with Crippen LogP contribution in [0.3, 0.4) is 0 Å². The molecule has 108 valence electrons. The maximum atomic E-state index is 5.52. The van der Waals surface area contributed by atoms with Crippen LogP contribution in [0.25, 0.3) is 10.2 Å². The molecule has 0 fully saturated rings. The molecule has 1 N–H and O–H groups in total. The Hall–Kier alpha value is -1.11. The van der Waals surface area contributed by atoms with Crippen LogP contribution in [0.4, 0.5) is 10.8 Å². The molecule has 0 radical (unpaired) electrons. The van der Waals surface area contributed by atoms with Crippen LogP contribution in [0, 0.1) is 0 Å². The van der Waals surface area contributed by atoms with Gasteiger partial charge in [-0.1, -0.05) is 27.3 Å². The molecule has 2 aromatic carbocycles. The minimum absolute atomic E-state index is 0.667. The third kappa shape index (κ3) is 3.39. The minimum Gasteiger partial charge on any atom is -0.494 e. The van der Waals surface area contributed by atoms with E-state index in [2.05, 4.69) is 42.2 Å². The van der Waals surface area contributed by atoms with Gasteiger partial charge in [0.2, 0.25) is 0 Å².